The summed E-state index contributed by atoms with van der Waals surface area (Å²) in [6.45, 7) is 1.05. The Labute approximate surface area is 231 Å². The highest BCUT2D eigenvalue weighted by atomic mass is 35.5. The van der Waals surface area contributed by atoms with Crippen molar-refractivity contribution in [2.75, 3.05) is 45.8 Å². The van der Waals surface area contributed by atoms with Crippen LogP contribution in [0.2, 0.25) is 10.0 Å². The number of nitrogens with two attached hydrogens (primary N) is 1. The van der Waals surface area contributed by atoms with E-state index in [-0.39, 0.29) is 50.0 Å². The van der Waals surface area contributed by atoms with Crippen LogP contribution in [0.3, 0.4) is 0 Å². The summed E-state index contributed by atoms with van der Waals surface area (Å²) in [5.41, 5.74) is 4.57. The average Bonchev–Trinajstić information content (AvgIpc) is 3.19. The lowest BCUT2D eigenvalue weighted by Gasteiger charge is -2.32. The van der Waals surface area contributed by atoms with Gasteiger partial charge in [0.05, 0.1) is 37.4 Å². The van der Waals surface area contributed by atoms with E-state index in [2.05, 4.69) is 10.6 Å². The molecule has 0 saturated heterocycles. The number of hydrogen-bond acceptors (Lipinski definition) is 8. The zero-order valence-corrected chi connectivity index (χ0v) is 23.0. The van der Waals surface area contributed by atoms with Gasteiger partial charge in [-0.15, -0.1) is 0 Å². The van der Waals surface area contributed by atoms with E-state index in [1.165, 1.54) is 38.5 Å². The Hall–Kier alpha value is -2.86. The maximum Gasteiger partial charge on any atom is 0.254 e. The summed E-state index contributed by atoms with van der Waals surface area (Å²) in [6, 6.07) is 14.0. The number of hydrogen-bond donors (Lipinski definition) is 3. The molecule has 38 heavy (non-hydrogen) atoms. The zero-order valence-electron chi connectivity index (χ0n) is 20.7. The van der Waals surface area contributed by atoms with E-state index in [0.29, 0.717) is 24.5 Å². The van der Waals surface area contributed by atoms with Crippen LogP contribution >= 0.6 is 23.2 Å². The highest BCUT2D eigenvalue weighted by Gasteiger charge is 2.53. The molecule has 9 nitrogen and oxygen atoms in total. The molecule has 0 spiro atoms. The monoisotopic (exact) mass is 579 g/mol. The predicted molar refractivity (Wildman–Crippen MR) is 145 cm³/mol. The Bertz CT molecular complexity index is 1470. The third-order valence-corrected chi connectivity index (χ3v) is 8.81. The molecule has 1 atom stereocenters. The van der Waals surface area contributed by atoms with Gasteiger partial charge in [0.25, 0.3) is 5.91 Å². The van der Waals surface area contributed by atoms with Crippen LogP contribution in [0.4, 0.5) is 5.69 Å². The Morgan fingerprint density at radius 3 is 2.45 bits per heavy atom. The number of ether oxygens (including phenoxy) is 3. The van der Waals surface area contributed by atoms with Gasteiger partial charge >= 0.3 is 0 Å². The van der Waals surface area contributed by atoms with Crippen LogP contribution in [0.5, 0.6) is 11.5 Å². The number of carbonyl (C=O) groups is 1. The van der Waals surface area contributed by atoms with Crippen LogP contribution in [0.15, 0.2) is 64.4 Å². The number of fused-ring (bicyclic) bond motifs is 1. The van der Waals surface area contributed by atoms with Crippen molar-refractivity contribution in [1.82, 2.24) is 5.32 Å². The van der Waals surface area contributed by atoms with Crippen LogP contribution < -0.4 is 25.8 Å². The standard InChI is InChI=1S/C26H27Cl2N3O6S/c1-35-16-7-10-22(21(15-16)36-2)38(33,34)24-19(28)8-9-20-23(24)26(25(32)31-20,30-12-14-37-13-11-29)17-5-3-4-6-18(17)27/h3-10,15,30H,11-14,29H2,1-2H3,(H,31,32). The van der Waals surface area contributed by atoms with Gasteiger partial charge in [0.1, 0.15) is 16.4 Å². The molecule has 0 fully saturated rings. The predicted octanol–water partition coefficient (Wildman–Crippen LogP) is 3.60. The van der Waals surface area contributed by atoms with Crippen molar-refractivity contribution in [3.8, 4) is 11.5 Å². The molecular weight excluding hydrogens is 553 g/mol. The number of sulfone groups is 1. The largest absolute Gasteiger partial charge is 0.497 e. The molecule has 1 heterocycles. The maximum atomic E-state index is 14.3. The van der Waals surface area contributed by atoms with Crippen molar-refractivity contribution in [1.29, 1.82) is 0 Å². The van der Waals surface area contributed by atoms with Crippen molar-refractivity contribution in [2.24, 2.45) is 5.73 Å². The highest BCUT2D eigenvalue weighted by Crippen LogP contribution is 2.50. The van der Waals surface area contributed by atoms with Gasteiger partial charge in [-0.3, -0.25) is 10.1 Å². The molecule has 12 heteroatoms. The summed E-state index contributed by atoms with van der Waals surface area (Å²) >= 11 is 13.2. The smallest absolute Gasteiger partial charge is 0.254 e. The second kappa shape index (κ2) is 11.5. The number of nitrogens with one attached hydrogen (secondary N) is 2. The molecule has 1 unspecified atom stereocenters. The Morgan fingerprint density at radius 2 is 1.76 bits per heavy atom. The molecular formula is C26H27Cl2N3O6S. The highest BCUT2D eigenvalue weighted by molar-refractivity contribution is 7.91. The minimum absolute atomic E-state index is 0.0572. The molecule has 0 aromatic heterocycles. The molecule has 3 aromatic carbocycles. The molecule has 0 saturated carbocycles. The van der Waals surface area contributed by atoms with E-state index in [9.17, 15) is 13.2 Å². The maximum absolute atomic E-state index is 14.3. The van der Waals surface area contributed by atoms with Crippen LogP contribution in [0, 0.1) is 0 Å². The van der Waals surface area contributed by atoms with Crippen molar-refractivity contribution in [3.05, 3.63) is 75.8 Å². The van der Waals surface area contributed by atoms with Gasteiger partial charge in [-0.1, -0.05) is 41.4 Å². The molecule has 0 bridgehead atoms. The molecule has 202 valence electrons. The summed E-state index contributed by atoms with van der Waals surface area (Å²) in [5.74, 6) is -0.0479. The quantitative estimate of drug-likeness (QED) is 0.294. The third kappa shape index (κ3) is 4.84. The van der Waals surface area contributed by atoms with Crippen molar-refractivity contribution < 1.29 is 27.4 Å². The van der Waals surface area contributed by atoms with E-state index < -0.39 is 21.3 Å². The minimum atomic E-state index is -4.35. The van der Waals surface area contributed by atoms with Crippen LogP contribution in [-0.4, -0.2) is 54.8 Å². The first-order valence-electron chi connectivity index (χ1n) is 11.6. The SMILES string of the molecule is COc1ccc(S(=O)(=O)c2c(Cl)ccc3c2C(NCCOCCN)(c2ccccc2Cl)C(=O)N3)c(OC)c1. The molecule has 3 aromatic rings. The van der Waals surface area contributed by atoms with Crippen molar-refractivity contribution >= 4 is 44.6 Å². The number of carbonyl (C=O) groups excluding carboxylic acids is 1. The second-order valence-corrected chi connectivity index (χ2v) is 11.0. The van der Waals surface area contributed by atoms with E-state index in [4.69, 9.17) is 43.1 Å². The topological polar surface area (TPSA) is 129 Å². The lowest BCUT2D eigenvalue weighted by Crippen LogP contribution is -2.51. The third-order valence-electron chi connectivity index (χ3n) is 6.18. The zero-order chi connectivity index (χ0) is 27.5. The number of rotatable bonds is 11. The van der Waals surface area contributed by atoms with Crippen LogP contribution in [0.25, 0.3) is 0 Å². The number of amides is 1. The van der Waals surface area contributed by atoms with Gasteiger partial charge in [-0.2, -0.15) is 0 Å². The first kappa shape index (κ1) is 28.2. The van der Waals surface area contributed by atoms with Gasteiger partial charge in [-0.05, 0) is 30.3 Å². The van der Waals surface area contributed by atoms with Crippen molar-refractivity contribution in [3.63, 3.8) is 0 Å². The van der Waals surface area contributed by atoms with E-state index in [0.717, 1.165) is 0 Å². The van der Waals surface area contributed by atoms with E-state index in [1.807, 2.05) is 0 Å². The Balaban J connectivity index is 1.99. The fourth-order valence-corrected chi connectivity index (χ4v) is 6.99. The number of benzene rings is 3. The molecule has 1 amide bonds. The number of anilines is 1. The van der Waals surface area contributed by atoms with Crippen LogP contribution in [0.1, 0.15) is 11.1 Å². The summed E-state index contributed by atoms with van der Waals surface area (Å²) < 4.78 is 44.7. The molecule has 1 aliphatic heterocycles. The van der Waals surface area contributed by atoms with Gasteiger partial charge in [0.15, 0.2) is 5.54 Å². The lowest BCUT2D eigenvalue weighted by atomic mass is 9.83. The fraction of sp³-hybridized carbons (Fsp3) is 0.269. The molecule has 4 N–H and O–H groups in total. The Morgan fingerprint density at radius 1 is 1.00 bits per heavy atom. The average molecular weight is 580 g/mol. The number of methoxy groups -OCH3 is 2. The van der Waals surface area contributed by atoms with Gasteiger partial charge < -0.3 is 25.3 Å². The van der Waals surface area contributed by atoms with Gasteiger partial charge in [0, 0.05) is 41.0 Å². The van der Waals surface area contributed by atoms with Crippen molar-refractivity contribution in [2.45, 2.75) is 15.3 Å². The molecule has 0 aliphatic carbocycles. The minimum Gasteiger partial charge on any atom is -0.497 e. The molecule has 4 rings (SSSR count). The molecule has 1 aliphatic rings. The molecule has 0 radical (unpaired) electrons. The normalized spacial score (nSPS) is 16.7. The Kier molecular flexibility index (Phi) is 8.51. The summed E-state index contributed by atoms with van der Waals surface area (Å²) in [5, 5.41) is 6.21. The summed E-state index contributed by atoms with van der Waals surface area (Å²) in [4.78, 5) is 13.4. The lowest BCUT2D eigenvalue weighted by molar-refractivity contribution is -0.120. The fourth-order valence-electron chi connectivity index (χ4n) is 4.52. The second-order valence-electron chi connectivity index (χ2n) is 8.33. The number of halogens is 2. The van der Waals surface area contributed by atoms with E-state index >= 15 is 0 Å². The van der Waals surface area contributed by atoms with Gasteiger partial charge in [0.2, 0.25) is 9.84 Å². The summed E-state index contributed by atoms with van der Waals surface area (Å²) in [7, 11) is -1.54. The van der Waals surface area contributed by atoms with E-state index in [1.54, 1.807) is 30.3 Å². The first-order valence-corrected chi connectivity index (χ1v) is 13.9. The van der Waals surface area contributed by atoms with Crippen LogP contribution in [-0.2, 0) is 24.9 Å². The summed E-state index contributed by atoms with van der Waals surface area (Å²) in [6.07, 6.45) is 0. The first-order chi connectivity index (χ1) is 18.2. The van der Waals surface area contributed by atoms with Gasteiger partial charge in [-0.25, -0.2) is 8.42 Å².